The quantitative estimate of drug-likeness (QED) is 0.925. The highest BCUT2D eigenvalue weighted by atomic mass is 32.2. The number of nitrogens with zero attached hydrogens (tertiary/aromatic N) is 1. The molecular formula is C13H18F2N2O2S. The second-order valence-corrected chi connectivity index (χ2v) is 6.62. The molecule has 0 saturated carbocycles. The third kappa shape index (κ3) is 3.34. The van der Waals surface area contributed by atoms with Crippen molar-refractivity contribution in [3.8, 4) is 0 Å². The van der Waals surface area contributed by atoms with Gasteiger partial charge in [-0.2, -0.15) is 12.7 Å². The van der Waals surface area contributed by atoms with Crippen molar-refractivity contribution in [1.29, 1.82) is 0 Å². The molecule has 0 aliphatic carbocycles. The Labute approximate surface area is 118 Å². The first kappa shape index (κ1) is 15.3. The minimum atomic E-state index is -3.53. The van der Waals surface area contributed by atoms with Crippen molar-refractivity contribution >= 4 is 10.2 Å². The van der Waals surface area contributed by atoms with Gasteiger partial charge in [-0.3, -0.25) is 0 Å². The molecule has 0 radical (unpaired) electrons. The molecule has 0 aromatic heterocycles. The van der Waals surface area contributed by atoms with Crippen molar-refractivity contribution in [3.63, 3.8) is 0 Å². The van der Waals surface area contributed by atoms with Crippen molar-refractivity contribution in [1.82, 2.24) is 9.03 Å². The number of piperidine rings is 1. The highest BCUT2D eigenvalue weighted by Gasteiger charge is 2.30. The van der Waals surface area contributed by atoms with Crippen LogP contribution in [0.2, 0.25) is 0 Å². The average molecular weight is 304 g/mol. The summed E-state index contributed by atoms with van der Waals surface area (Å²) in [6, 6.07) is 3.31. The molecule has 1 aromatic rings. The van der Waals surface area contributed by atoms with Gasteiger partial charge in [-0.25, -0.2) is 13.5 Å². The Morgan fingerprint density at radius 1 is 1.40 bits per heavy atom. The number of benzene rings is 1. The van der Waals surface area contributed by atoms with E-state index in [4.69, 9.17) is 0 Å². The van der Waals surface area contributed by atoms with Crippen molar-refractivity contribution in [2.75, 3.05) is 19.6 Å². The smallest absolute Gasteiger partial charge is 0.207 e. The van der Waals surface area contributed by atoms with Gasteiger partial charge in [0.2, 0.25) is 0 Å². The Hall–Kier alpha value is -1.05. The fraction of sp³-hybridized carbons (Fsp3) is 0.538. The molecule has 1 heterocycles. The minimum absolute atomic E-state index is 0.176. The number of hydrogen-bond acceptors (Lipinski definition) is 2. The van der Waals surface area contributed by atoms with Gasteiger partial charge in [-0.15, -0.1) is 0 Å². The molecule has 1 atom stereocenters. The number of nitrogens with one attached hydrogen (secondary N) is 1. The van der Waals surface area contributed by atoms with Crippen LogP contribution in [0.15, 0.2) is 18.2 Å². The predicted molar refractivity (Wildman–Crippen MR) is 72.5 cm³/mol. The van der Waals surface area contributed by atoms with Crippen molar-refractivity contribution in [3.05, 3.63) is 35.4 Å². The molecule has 1 aliphatic rings. The minimum Gasteiger partial charge on any atom is -0.207 e. The molecule has 112 valence electrons. The van der Waals surface area contributed by atoms with Crippen LogP contribution in [0.25, 0.3) is 0 Å². The van der Waals surface area contributed by atoms with Crippen LogP contribution in [0.5, 0.6) is 0 Å². The Bertz CT molecular complexity index is 578. The van der Waals surface area contributed by atoms with E-state index in [0.717, 1.165) is 18.2 Å². The standard InChI is InChI=1S/C13H18F2N2O2S/c1-2-16-20(18,19)17-7-3-4-10(9-17)12-8-11(14)5-6-13(12)15/h5-6,8,10,16H,2-4,7,9H2,1H3. The monoisotopic (exact) mass is 304 g/mol. The van der Waals surface area contributed by atoms with Gasteiger partial charge >= 0.3 is 0 Å². The van der Waals surface area contributed by atoms with Crippen molar-refractivity contribution in [2.24, 2.45) is 0 Å². The van der Waals surface area contributed by atoms with Gasteiger partial charge in [-0.05, 0) is 36.6 Å². The summed E-state index contributed by atoms with van der Waals surface area (Å²) in [6.45, 7) is 2.58. The van der Waals surface area contributed by atoms with E-state index in [1.165, 1.54) is 4.31 Å². The number of rotatable bonds is 4. The number of hydrogen-bond donors (Lipinski definition) is 1. The summed E-state index contributed by atoms with van der Waals surface area (Å²) in [6.07, 6.45) is 1.28. The van der Waals surface area contributed by atoms with Crippen LogP contribution >= 0.6 is 0 Å². The summed E-state index contributed by atoms with van der Waals surface area (Å²) in [5.41, 5.74) is 0.251. The normalized spacial score (nSPS) is 21.1. The largest absolute Gasteiger partial charge is 0.279 e. The second-order valence-electron chi connectivity index (χ2n) is 4.87. The van der Waals surface area contributed by atoms with Gasteiger partial charge in [0.25, 0.3) is 10.2 Å². The number of halogens is 2. The average Bonchev–Trinajstić information content (AvgIpc) is 2.42. The van der Waals surface area contributed by atoms with E-state index in [1.807, 2.05) is 0 Å². The third-order valence-corrected chi connectivity index (χ3v) is 5.11. The zero-order valence-electron chi connectivity index (χ0n) is 11.3. The maximum absolute atomic E-state index is 13.8. The summed E-state index contributed by atoms with van der Waals surface area (Å²) in [5, 5.41) is 0. The molecule has 0 spiro atoms. The highest BCUT2D eigenvalue weighted by molar-refractivity contribution is 7.87. The van der Waals surface area contributed by atoms with Gasteiger partial charge < -0.3 is 0 Å². The molecule has 1 saturated heterocycles. The molecule has 1 aromatic carbocycles. The zero-order valence-corrected chi connectivity index (χ0v) is 12.1. The Morgan fingerprint density at radius 2 is 2.15 bits per heavy atom. The lowest BCUT2D eigenvalue weighted by molar-refractivity contribution is 0.307. The van der Waals surface area contributed by atoms with Crippen LogP contribution in [0.4, 0.5) is 8.78 Å². The summed E-state index contributed by atoms with van der Waals surface area (Å²) >= 11 is 0. The maximum atomic E-state index is 13.8. The predicted octanol–water partition coefficient (Wildman–Crippen LogP) is 2.00. The molecule has 7 heteroatoms. The lowest BCUT2D eigenvalue weighted by atomic mass is 9.91. The summed E-state index contributed by atoms with van der Waals surface area (Å²) in [4.78, 5) is 0. The highest BCUT2D eigenvalue weighted by Crippen LogP contribution is 2.30. The van der Waals surface area contributed by atoms with Crippen LogP contribution in [0.3, 0.4) is 0 Å². The van der Waals surface area contributed by atoms with E-state index >= 15 is 0 Å². The van der Waals surface area contributed by atoms with Crippen LogP contribution in [0, 0.1) is 11.6 Å². The first-order valence-corrected chi connectivity index (χ1v) is 8.07. The Morgan fingerprint density at radius 3 is 2.85 bits per heavy atom. The fourth-order valence-electron chi connectivity index (χ4n) is 2.52. The summed E-state index contributed by atoms with van der Waals surface area (Å²) in [7, 11) is -3.53. The van der Waals surface area contributed by atoms with Gasteiger partial charge in [-0.1, -0.05) is 6.92 Å². The molecular weight excluding hydrogens is 286 g/mol. The Kier molecular flexibility index (Phi) is 4.72. The van der Waals surface area contributed by atoms with Gasteiger partial charge in [0, 0.05) is 25.6 Å². The van der Waals surface area contributed by atoms with E-state index in [0.29, 0.717) is 25.9 Å². The van der Waals surface area contributed by atoms with Crippen LogP contribution < -0.4 is 4.72 Å². The molecule has 2 rings (SSSR count). The second kappa shape index (κ2) is 6.15. The SMILES string of the molecule is CCNS(=O)(=O)N1CCCC(c2cc(F)ccc2F)C1. The van der Waals surface area contributed by atoms with E-state index in [1.54, 1.807) is 6.92 Å². The first-order chi connectivity index (χ1) is 9.44. The molecule has 0 amide bonds. The van der Waals surface area contributed by atoms with Crippen LogP contribution in [0.1, 0.15) is 31.2 Å². The van der Waals surface area contributed by atoms with Gasteiger partial charge in [0.15, 0.2) is 0 Å². The lowest BCUT2D eigenvalue weighted by Crippen LogP contribution is -2.45. The molecule has 1 aliphatic heterocycles. The summed E-state index contributed by atoms with van der Waals surface area (Å²) < 4.78 is 54.7. The molecule has 1 unspecified atom stereocenters. The molecule has 20 heavy (non-hydrogen) atoms. The molecule has 4 nitrogen and oxygen atoms in total. The van der Waals surface area contributed by atoms with Crippen LogP contribution in [-0.2, 0) is 10.2 Å². The lowest BCUT2D eigenvalue weighted by Gasteiger charge is -2.32. The van der Waals surface area contributed by atoms with E-state index in [2.05, 4.69) is 4.72 Å². The van der Waals surface area contributed by atoms with Gasteiger partial charge in [0.05, 0.1) is 0 Å². The molecule has 1 N–H and O–H groups in total. The summed E-state index contributed by atoms with van der Waals surface area (Å²) in [5.74, 6) is -1.31. The van der Waals surface area contributed by atoms with E-state index < -0.39 is 21.8 Å². The zero-order chi connectivity index (χ0) is 14.8. The van der Waals surface area contributed by atoms with Gasteiger partial charge in [0.1, 0.15) is 11.6 Å². The van der Waals surface area contributed by atoms with Crippen LogP contribution in [-0.4, -0.2) is 32.4 Å². The fourth-order valence-corrected chi connectivity index (χ4v) is 3.81. The van der Waals surface area contributed by atoms with E-state index in [-0.39, 0.29) is 18.0 Å². The van der Waals surface area contributed by atoms with Crippen molar-refractivity contribution in [2.45, 2.75) is 25.7 Å². The topological polar surface area (TPSA) is 49.4 Å². The maximum Gasteiger partial charge on any atom is 0.279 e. The molecule has 0 bridgehead atoms. The van der Waals surface area contributed by atoms with Crippen molar-refractivity contribution < 1.29 is 17.2 Å². The third-order valence-electron chi connectivity index (χ3n) is 3.45. The first-order valence-electron chi connectivity index (χ1n) is 6.63. The molecule has 1 fully saturated rings. The Balaban J connectivity index is 2.21. The van der Waals surface area contributed by atoms with E-state index in [9.17, 15) is 17.2 Å².